The number of rotatable bonds is 3. The minimum Gasteiger partial charge on any atom is -0.329 e. The normalized spacial score (nSPS) is 17.2. The summed E-state index contributed by atoms with van der Waals surface area (Å²) < 4.78 is 0. The zero-order valence-electron chi connectivity index (χ0n) is 11.7. The predicted molar refractivity (Wildman–Crippen MR) is 81.2 cm³/mol. The summed E-state index contributed by atoms with van der Waals surface area (Å²) in [6.45, 7) is 2.65. The molecule has 2 aromatic rings. The van der Waals surface area contributed by atoms with Gasteiger partial charge in [-0.15, -0.1) is 0 Å². The third kappa shape index (κ3) is 2.74. The summed E-state index contributed by atoms with van der Waals surface area (Å²) in [5, 5.41) is 0. The number of hydrogen-bond donors (Lipinski definition) is 1. The van der Waals surface area contributed by atoms with Gasteiger partial charge in [-0.25, -0.2) is 0 Å². The fourth-order valence-corrected chi connectivity index (χ4v) is 3.02. The van der Waals surface area contributed by atoms with Crippen molar-refractivity contribution in [2.45, 2.75) is 25.4 Å². The SMILES string of the molecule is NCC(c1ccccn1)N1CCCc2ccccc2C1. The van der Waals surface area contributed by atoms with Crippen LogP contribution in [0.4, 0.5) is 0 Å². The summed E-state index contributed by atoms with van der Waals surface area (Å²) in [6, 6.07) is 15.0. The van der Waals surface area contributed by atoms with Gasteiger partial charge in [0.1, 0.15) is 0 Å². The number of aryl methyl sites for hydroxylation is 1. The topological polar surface area (TPSA) is 42.1 Å². The van der Waals surface area contributed by atoms with Gasteiger partial charge < -0.3 is 5.73 Å². The summed E-state index contributed by atoms with van der Waals surface area (Å²) in [5.74, 6) is 0. The Bertz CT molecular complexity index is 553. The number of aromatic nitrogens is 1. The Kier molecular flexibility index (Phi) is 4.09. The molecule has 20 heavy (non-hydrogen) atoms. The van der Waals surface area contributed by atoms with Crippen molar-refractivity contribution >= 4 is 0 Å². The average Bonchev–Trinajstić information content (AvgIpc) is 2.71. The molecule has 2 N–H and O–H groups in total. The first kappa shape index (κ1) is 13.3. The highest BCUT2D eigenvalue weighted by Gasteiger charge is 2.22. The summed E-state index contributed by atoms with van der Waals surface area (Å²) in [6.07, 6.45) is 4.19. The molecule has 0 aliphatic carbocycles. The molecule has 0 radical (unpaired) electrons. The summed E-state index contributed by atoms with van der Waals surface area (Å²) in [5.41, 5.74) is 10.0. The van der Waals surface area contributed by atoms with Crippen molar-refractivity contribution in [3.63, 3.8) is 0 Å². The van der Waals surface area contributed by atoms with Crippen LogP contribution in [0.5, 0.6) is 0 Å². The van der Waals surface area contributed by atoms with Gasteiger partial charge in [-0.1, -0.05) is 30.3 Å². The Labute approximate surface area is 120 Å². The van der Waals surface area contributed by atoms with Crippen LogP contribution >= 0.6 is 0 Å². The molecule has 3 rings (SSSR count). The second-order valence-electron chi connectivity index (χ2n) is 5.35. The standard InChI is InChI=1S/C17H21N3/c18-12-17(16-9-3-4-10-19-16)20-11-5-8-14-6-1-2-7-15(14)13-20/h1-4,6-7,9-10,17H,5,8,11-13,18H2. The van der Waals surface area contributed by atoms with Crippen molar-refractivity contribution in [1.29, 1.82) is 0 Å². The monoisotopic (exact) mass is 267 g/mol. The second-order valence-corrected chi connectivity index (χ2v) is 5.35. The molecule has 2 heterocycles. The van der Waals surface area contributed by atoms with Gasteiger partial charge in [-0.2, -0.15) is 0 Å². The molecule has 1 atom stereocenters. The highest BCUT2D eigenvalue weighted by Crippen LogP contribution is 2.25. The van der Waals surface area contributed by atoms with Gasteiger partial charge in [0.15, 0.2) is 0 Å². The Hall–Kier alpha value is -1.71. The first-order valence-electron chi connectivity index (χ1n) is 7.30. The van der Waals surface area contributed by atoms with E-state index in [9.17, 15) is 0 Å². The molecule has 3 heteroatoms. The van der Waals surface area contributed by atoms with E-state index in [1.54, 1.807) is 0 Å². The van der Waals surface area contributed by atoms with Gasteiger partial charge in [-0.3, -0.25) is 9.88 Å². The van der Waals surface area contributed by atoms with Crippen molar-refractivity contribution < 1.29 is 0 Å². The Morgan fingerprint density at radius 3 is 2.65 bits per heavy atom. The Morgan fingerprint density at radius 1 is 1.10 bits per heavy atom. The van der Waals surface area contributed by atoms with Crippen molar-refractivity contribution in [2.75, 3.05) is 13.1 Å². The summed E-state index contributed by atoms with van der Waals surface area (Å²) in [4.78, 5) is 6.96. The lowest BCUT2D eigenvalue weighted by atomic mass is 10.0. The molecule has 3 nitrogen and oxygen atoms in total. The Balaban J connectivity index is 1.86. The van der Waals surface area contributed by atoms with Crippen LogP contribution in [0.1, 0.15) is 29.3 Å². The molecule has 104 valence electrons. The molecule has 0 saturated heterocycles. The first-order chi connectivity index (χ1) is 9.88. The predicted octanol–water partition coefficient (Wildman–Crippen LogP) is 2.53. The van der Waals surface area contributed by atoms with Gasteiger partial charge in [0.2, 0.25) is 0 Å². The van der Waals surface area contributed by atoms with Gasteiger partial charge in [0.25, 0.3) is 0 Å². The van der Waals surface area contributed by atoms with E-state index in [2.05, 4.69) is 40.2 Å². The zero-order chi connectivity index (χ0) is 13.8. The molecule has 0 bridgehead atoms. The van der Waals surface area contributed by atoms with Crippen LogP contribution in [0.2, 0.25) is 0 Å². The zero-order valence-corrected chi connectivity index (χ0v) is 11.7. The molecule has 0 amide bonds. The number of pyridine rings is 1. The summed E-state index contributed by atoms with van der Waals surface area (Å²) >= 11 is 0. The van der Waals surface area contributed by atoms with Gasteiger partial charge in [0, 0.05) is 19.3 Å². The van der Waals surface area contributed by atoms with Crippen LogP contribution in [0.25, 0.3) is 0 Å². The van der Waals surface area contributed by atoms with E-state index in [1.165, 1.54) is 17.5 Å². The van der Waals surface area contributed by atoms with E-state index in [4.69, 9.17) is 5.73 Å². The lowest BCUT2D eigenvalue weighted by Crippen LogP contribution is -2.34. The van der Waals surface area contributed by atoms with E-state index < -0.39 is 0 Å². The number of benzene rings is 1. The molecule has 0 saturated carbocycles. The van der Waals surface area contributed by atoms with E-state index >= 15 is 0 Å². The maximum atomic E-state index is 6.02. The largest absolute Gasteiger partial charge is 0.329 e. The molecule has 0 spiro atoms. The fourth-order valence-electron chi connectivity index (χ4n) is 3.02. The fraction of sp³-hybridized carbons (Fsp3) is 0.353. The molecule has 1 aromatic carbocycles. The van der Waals surface area contributed by atoms with Crippen molar-refractivity contribution in [3.8, 4) is 0 Å². The first-order valence-corrected chi connectivity index (χ1v) is 7.30. The van der Waals surface area contributed by atoms with Crippen molar-refractivity contribution in [2.24, 2.45) is 5.73 Å². The molecule has 0 fully saturated rings. The minimum absolute atomic E-state index is 0.211. The third-order valence-corrected chi connectivity index (χ3v) is 4.08. The number of nitrogens with zero attached hydrogens (tertiary/aromatic N) is 2. The highest BCUT2D eigenvalue weighted by atomic mass is 15.2. The van der Waals surface area contributed by atoms with Gasteiger partial charge in [-0.05, 0) is 42.6 Å². The van der Waals surface area contributed by atoms with Crippen molar-refractivity contribution in [1.82, 2.24) is 9.88 Å². The molecule has 1 aliphatic heterocycles. The number of fused-ring (bicyclic) bond motifs is 1. The average molecular weight is 267 g/mol. The molecular formula is C17H21N3. The van der Waals surface area contributed by atoms with Crippen LogP contribution < -0.4 is 5.73 Å². The van der Waals surface area contributed by atoms with Crippen LogP contribution in [0.15, 0.2) is 48.7 Å². The minimum atomic E-state index is 0.211. The number of nitrogens with two attached hydrogens (primary N) is 1. The molecular weight excluding hydrogens is 246 g/mol. The highest BCUT2D eigenvalue weighted by molar-refractivity contribution is 5.28. The van der Waals surface area contributed by atoms with Crippen LogP contribution in [0.3, 0.4) is 0 Å². The van der Waals surface area contributed by atoms with E-state index in [0.717, 1.165) is 25.2 Å². The van der Waals surface area contributed by atoms with Crippen LogP contribution in [0, 0.1) is 0 Å². The van der Waals surface area contributed by atoms with Crippen molar-refractivity contribution in [3.05, 3.63) is 65.5 Å². The lowest BCUT2D eigenvalue weighted by Gasteiger charge is -2.29. The third-order valence-electron chi connectivity index (χ3n) is 4.08. The van der Waals surface area contributed by atoms with E-state index in [-0.39, 0.29) is 6.04 Å². The molecule has 1 aliphatic rings. The van der Waals surface area contributed by atoms with Gasteiger partial charge in [0.05, 0.1) is 11.7 Å². The Morgan fingerprint density at radius 2 is 1.90 bits per heavy atom. The molecule has 1 unspecified atom stereocenters. The van der Waals surface area contributed by atoms with Crippen LogP contribution in [-0.2, 0) is 13.0 Å². The quantitative estimate of drug-likeness (QED) is 0.929. The lowest BCUT2D eigenvalue weighted by molar-refractivity contribution is 0.192. The van der Waals surface area contributed by atoms with Crippen LogP contribution in [-0.4, -0.2) is 23.0 Å². The van der Waals surface area contributed by atoms with Gasteiger partial charge >= 0.3 is 0 Å². The van der Waals surface area contributed by atoms with E-state index in [0.29, 0.717) is 6.54 Å². The maximum absolute atomic E-state index is 6.02. The smallest absolute Gasteiger partial charge is 0.0647 e. The maximum Gasteiger partial charge on any atom is 0.0647 e. The molecule has 1 aromatic heterocycles. The second kappa shape index (κ2) is 6.16. The number of hydrogen-bond acceptors (Lipinski definition) is 3. The summed E-state index contributed by atoms with van der Waals surface area (Å²) in [7, 11) is 0. The van der Waals surface area contributed by atoms with E-state index in [1.807, 2.05) is 18.3 Å².